The van der Waals surface area contributed by atoms with E-state index in [4.69, 9.17) is 38.1 Å². The summed E-state index contributed by atoms with van der Waals surface area (Å²) < 4.78 is 63.3. The van der Waals surface area contributed by atoms with E-state index < -0.39 is 107 Å². The smallest absolute Gasteiger partial charge is 0.410 e. The van der Waals surface area contributed by atoms with E-state index in [1.165, 1.54) is 46.1 Å². The highest BCUT2D eigenvalue weighted by Gasteiger charge is 2.65. The Morgan fingerprint density at radius 3 is 2.39 bits per heavy atom. The van der Waals surface area contributed by atoms with Crippen molar-refractivity contribution >= 4 is 56.3 Å². The van der Waals surface area contributed by atoms with Crippen LogP contribution in [0.1, 0.15) is 55.0 Å². The average Bonchev–Trinajstić information content (AvgIpc) is 4.12. The number of carboxylic acid groups (broad SMARTS) is 1. The van der Waals surface area contributed by atoms with E-state index in [1.807, 2.05) is 0 Å². The third-order valence-corrected chi connectivity index (χ3v) is 14.9. The Kier molecular flexibility index (Phi) is 15.4. The van der Waals surface area contributed by atoms with Gasteiger partial charge >= 0.3 is 18.0 Å². The van der Waals surface area contributed by atoms with Gasteiger partial charge in [-0.15, -0.1) is 0 Å². The van der Waals surface area contributed by atoms with E-state index in [0.717, 1.165) is 6.26 Å². The number of esters is 1. The fourth-order valence-electron chi connectivity index (χ4n) is 9.61. The second-order valence-electron chi connectivity index (χ2n) is 19.5. The van der Waals surface area contributed by atoms with Crippen LogP contribution in [-0.4, -0.2) is 170 Å². The number of rotatable bonds is 19. The Hall–Kier alpha value is -7.86. The van der Waals surface area contributed by atoms with Crippen LogP contribution in [0.15, 0.2) is 64.8 Å². The van der Waals surface area contributed by atoms with Crippen LogP contribution in [0.5, 0.6) is 17.2 Å². The lowest BCUT2D eigenvalue weighted by molar-refractivity contribution is -0.326. The molecule has 3 amide bonds. The van der Waals surface area contributed by atoms with Crippen molar-refractivity contribution in [3.8, 4) is 28.6 Å². The molecule has 0 saturated carbocycles. The summed E-state index contributed by atoms with van der Waals surface area (Å²) in [4.78, 5) is 93.4. The first kappa shape index (κ1) is 55.9. The monoisotopic (exact) mass is 1120 g/mol. The molecular weight excluding hydrogens is 1060 g/mol. The fourth-order valence-corrected chi connectivity index (χ4v) is 10.1. The van der Waals surface area contributed by atoms with Gasteiger partial charge in [-0.3, -0.25) is 14.4 Å². The highest BCUT2D eigenvalue weighted by Crippen LogP contribution is 2.44. The van der Waals surface area contributed by atoms with Crippen LogP contribution in [0.25, 0.3) is 22.3 Å². The van der Waals surface area contributed by atoms with Crippen LogP contribution >= 0.6 is 0 Å². The zero-order chi connectivity index (χ0) is 56.8. The van der Waals surface area contributed by atoms with Crippen molar-refractivity contribution in [2.45, 2.75) is 93.6 Å². The van der Waals surface area contributed by atoms with Crippen molar-refractivity contribution in [2.24, 2.45) is 0 Å². The number of carbonyl (C=O) groups excluding carboxylic acids is 4. The first-order chi connectivity index (χ1) is 37.5. The molecule has 5 atom stereocenters. The van der Waals surface area contributed by atoms with Crippen molar-refractivity contribution in [1.29, 1.82) is 0 Å². The summed E-state index contributed by atoms with van der Waals surface area (Å²) in [7, 11) is -3.58. The molecule has 7 N–H and O–H groups in total. The highest BCUT2D eigenvalue weighted by molar-refractivity contribution is 7.90. The van der Waals surface area contributed by atoms with Crippen LogP contribution in [0.3, 0.4) is 0 Å². The van der Waals surface area contributed by atoms with Gasteiger partial charge in [0.1, 0.15) is 38.3 Å². The number of hydrogen-bond acceptors (Lipinski definition) is 22. The molecule has 420 valence electrons. The van der Waals surface area contributed by atoms with Crippen molar-refractivity contribution in [1.82, 2.24) is 29.7 Å². The standard InChI is InChI=1S/C51H55N7O20S/c1-5-49(68)32-15-35-41-30(20-58(35)42(61)31(32)21-73-45(49)65)28(29-14-37-38(77-25-76-37)16-34(29)56-41)10-12-57(26(2)3)48(67)75-23-50(69)43(62)51(44(63)64,24-74-46(50)66)78-36-9-7-6-8-33(36)55-39(59)19-52-40(60)22-72-13-11-27-17-53-47(54-18-27)79(4,70)71/h6-9,14-18,26,43,46,62,66,68-69H,5,10-13,19-25H2,1-4H3,(H,52,60)(H,55,59)(H,63,64)/t43-,46+,49-,50-,51-/m0/s1. The van der Waals surface area contributed by atoms with Gasteiger partial charge in [0, 0.05) is 53.8 Å². The molecule has 4 aliphatic heterocycles. The minimum absolute atomic E-state index is 0.0188. The minimum Gasteiger partial charge on any atom is -0.478 e. The van der Waals surface area contributed by atoms with Gasteiger partial charge in [-0.1, -0.05) is 19.1 Å². The molecule has 4 aliphatic rings. The maximum Gasteiger partial charge on any atom is 0.410 e. The number of sulfone groups is 1. The summed E-state index contributed by atoms with van der Waals surface area (Å²) >= 11 is 0. The molecule has 7 heterocycles. The number of aliphatic carboxylic acids is 1. The SMILES string of the molecule is CC[C@@]1(O)C(=O)OCc2c1cc1n(c2=O)Cc2c-1nc1cc3c(cc1c2CCN(C(=O)OC[C@@]1(O)[C@H](O)OC[C@@](Oc2ccccc2NC(=O)CNC(=O)COCCc2cnc(S(C)(=O)=O)nc2)(C(=O)O)[C@H]1O)C(C)C)OCO3. The van der Waals surface area contributed by atoms with Crippen LogP contribution in [-0.2, 0) is 79.6 Å². The molecule has 27 nitrogen and oxygen atoms in total. The van der Waals surface area contributed by atoms with Crippen molar-refractivity contribution in [2.75, 3.05) is 57.9 Å². The Labute approximate surface area is 448 Å². The molecule has 0 spiro atoms. The zero-order valence-electron chi connectivity index (χ0n) is 42.9. The molecule has 28 heteroatoms. The highest BCUT2D eigenvalue weighted by atomic mass is 32.2. The van der Waals surface area contributed by atoms with Crippen LogP contribution in [0.4, 0.5) is 10.5 Å². The Balaban J connectivity index is 0.872. The summed E-state index contributed by atoms with van der Waals surface area (Å²) in [5, 5.41) is 61.8. The number of pyridine rings is 2. The fraction of sp³-hybridized carbons (Fsp3) is 0.431. The number of aliphatic hydroxyl groups excluding tert-OH is 2. The lowest BCUT2D eigenvalue weighted by atomic mass is 9.81. The topological polar surface area (TPSA) is 373 Å². The predicted octanol–water partition coefficient (Wildman–Crippen LogP) is 0.0483. The zero-order valence-corrected chi connectivity index (χ0v) is 43.7. The molecule has 0 radical (unpaired) electrons. The Morgan fingerprint density at radius 2 is 1.70 bits per heavy atom. The summed E-state index contributed by atoms with van der Waals surface area (Å²) in [6, 6.07) is 9.77. The molecule has 0 unspecified atom stereocenters. The molecular formula is C51H55N7O20S. The van der Waals surface area contributed by atoms with Crippen molar-refractivity contribution in [3.05, 3.63) is 93.0 Å². The lowest BCUT2D eigenvalue weighted by Crippen LogP contribution is -2.74. The molecule has 9 rings (SSSR count). The number of ether oxygens (including phenoxy) is 7. The second kappa shape index (κ2) is 21.8. The van der Waals surface area contributed by atoms with Gasteiger partial charge in [0.2, 0.25) is 33.6 Å². The maximum absolute atomic E-state index is 14.1. The van der Waals surface area contributed by atoms with E-state index in [-0.39, 0.29) is 80.1 Å². The molecule has 1 saturated heterocycles. The van der Waals surface area contributed by atoms with Gasteiger partial charge in [-0.05, 0) is 68.5 Å². The number of amides is 3. The van der Waals surface area contributed by atoms with Gasteiger partial charge in [0.05, 0.1) is 47.9 Å². The third-order valence-electron chi connectivity index (χ3n) is 14.0. The predicted molar refractivity (Wildman–Crippen MR) is 269 cm³/mol. The molecule has 3 aromatic heterocycles. The van der Waals surface area contributed by atoms with Gasteiger partial charge in [0.25, 0.3) is 11.2 Å². The molecule has 5 aromatic rings. The summed E-state index contributed by atoms with van der Waals surface area (Å²) in [5.41, 5.74) is -5.51. The first-order valence-corrected chi connectivity index (χ1v) is 26.6. The number of carbonyl (C=O) groups is 5. The van der Waals surface area contributed by atoms with Gasteiger partial charge < -0.3 is 78.8 Å². The van der Waals surface area contributed by atoms with Crippen LogP contribution in [0, 0.1) is 0 Å². The Bertz CT molecular complexity index is 3450. The van der Waals surface area contributed by atoms with E-state index in [1.54, 1.807) is 39.0 Å². The van der Waals surface area contributed by atoms with E-state index >= 15 is 0 Å². The number of anilines is 1. The van der Waals surface area contributed by atoms with E-state index in [0.29, 0.717) is 50.5 Å². The number of fused-ring (bicyclic) bond motifs is 6. The van der Waals surface area contributed by atoms with Crippen LogP contribution in [0.2, 0.25) is 0 Å². The number of aromatic nitrogens is 4. The largest absolute Gasteiger partial charge is 0.478 e. The van der Waals surface area contributed by atoms with Gasteiger partial charge in [-0.25, -0.2) is 37.8 Å². The third kappa shape index (κ3) is 10.6. The minimum atomic E-state index is -3.58. The van der Waals surface area contributed by atoms with E-state index in [2.05, 4.69) is 20.6 Å². The number of carboxylic acids is 1. The van der Waals surface area contributed by atoms with E-state index in [9.17, 15) is 62.7 Å². The molecule has 0 aliphatic carbocycles. The molecule has 2 aromatic carbocycles. The van der Waals surface area contributed by atoms with Gasteiger partial charge in [0.15, 0.2) is 29.0 Å². The number of nitrogens with zero attached hydrogens (tertiary/aromatic N) is 5. The average molecular weight is 1120 g/mol. The van der Waals surface area contributed by atoms with Crippen LogP contribution < -0.4 is 30.4 Å². The number of nitrogens with one attached hydrogen (secondary N) is 2. The van der Waals surface area contributed by atoms with Crippen molar-refractivity contribution in [3.63, 3.8) is 0 Å². The summed E-state index contributed by atoms with van der Waals surface area (Å²) in [6.07, 6.45) is -2.12. The van der Waals surface area contributed by atoms with Gasteiger partial charge in [-0.2, -0.15) is 0 Å². The Morgan fingerprint density at radius 1 is 0.975 bits per heavy atom. The lowest BCUT2D eigenvalue weighted by Gasteiger charge is -2.48. The molecule has 0 bridgehead atoms. The number of cyclic esters (lactones) is 1. The molecule has 79 heavy (non-hydrogen) atoms. The number of hydrogen-bond donors (Lipinski definition) is 7. The quantitative estimate of drug-likeness (QED) is 0.0320. The van der Waals surface area contributed by atoms with Crippen molar-refractivity contribution < 1.29 is 91.1 Å². The number of para-hydroxylation sites is 2. The first-order valence-electron chi connectivity index (χ1n) is 24.7. The normalized spacial score (nSPS) is 21.9. The number of aliphatic hydroxyl groups is 4. The second-order valence-corrected chi connectivity index (χ2v) is 21.4. The molecule has 1 fully saturated rings. The maximum atomic E-state index is 14.1. The number of benzene rings is 2. The summed E-state index contributed by atoms with van der Waals surface area (Å²) in [6.45, 7) is 1.17. The summed E-state index contributed by atoms with van der Waals surface area (Å²) in [5.74, 6) is -3.78.